The summed E-state index contributed by atoms with van der Waals surface area (Å²) >= 11 is 0. The molecule has 16 heavy (non-hydrogen) atoms. The van der Waals surface area contributed by atoms with Crippen LogP contribution in [0.5, 0.6) is 5.75 Å². The molecule has 5 nitrogen and oxygen atoms in total. The Labute approximate surface area is 91.2 Å². The lowest BCUT2D eigenvalue weighted by atomic mass is 10.1. The molecule has 1 aromatic carbocycles. The van der Waals surface area contributed by atoms with Crippen LogP contribution in [0.25, 0.3) is 11.1 Å². The molecular weight excluding hydrogens is 208 g/mol. The number of phenolic OH excluding ortho intramolecular Hbond substituents is 1. The first-order valence-electron chi connectivity index (χ1n) is 4.56. The van der Waals surface area contributed by atoms with Gasteiger partial charge in [0.2, 0.25) is 0 Å². The normalized spacial score (nSPS) is 10.0. The standard InChI is InChI=1S/C11H8N2O3/c14-9-1-2-10(11(7-9)13(15)16)8-3-5-12-6-4-8/h1-7,14H. The number of benzene rings is 1. The fraction of sp³-hybridized carbons (Fsp3) is 0. The number of rotatable bonds is 2. The Morgan fingerprint density at radius 1 is 1.19 bits per heavy atom. The van der Waals surface area contributed by atoms with E-state index in [0.29, 0.717) is 11.1 Å². The average Bonchev–Trinajstić information content (AvgIpc) is 2.30. The van der Waals surface area contributed by atoms with Crippen LogP contribution in [0.2, 0.25) is 0 Å². The molecule has 80 valence electrons. The number of pyridine rings is 1. The van der Waals surface area contributed by atoms with Gasteiger partial charge in [0.25, 0.3) is 5.69 Å². The van der Waals surface area contributed by atoms with Gasteiger partial charge in [0.05, 0.1) is 16.6 Å². The summed E-state index contributed by atoms with van der Waals surface area (Å²) in [5.74, 6) is -0.121. The van der Waals surface area contributed by atoms with Crippen LogP contribution in [0.4, 0.5) is 5.69 Å². The van der Waals surface area contributed by atoms with Crippen LogP contribution in [0.15, 0.2) is 42.7 Å². The Bertz CT molecular complexity index is 526. The van der Waals surface area contributed by atoms with Gasteiger partial charge in [-0.05, 0) is 29.8 Å². The van der Waals surface area contributed by atoms with Crippen molar-refractivity contribution in [1.82, 2.24) is 4.98 Å². The highest BCUT2D eigenvalue weighted by Gasteiger charge is 2.15. The molecule has 0 atom stereocenters. The molecule has 0 aliphatic heterocycles. The first-order valence-corrected chi connectivity index (χ1v) is 4.56. The van der Waals surface area contributed by atoms with Gasteiger partial charge in [-0.15, -0.1) is 0 Å². The lowest BCUT2D eigenvalue weighted by Crippen LogP contribution is -1.91. The zero-order chi connectivity index (χ0) is 11.5. The summed E-state index contributed by atoms with van der Waals surface area (Å²) in [6, 6.07) is 7.43. The molecule has 0 radical (unpaired) electrons. The molecule has 0 saturated carbocycles. The second-order valence-corrected chi connectivity index (χ2v) is 3.19. The highest BCUT2D eigenvalue weighted by atomic mass is 16.6. The summed E-state index contributed by atoms with van der Waals surface area (Å²) < 4.78 is 0. The Kier molecular flexibility index (Phi) is 2.51. The summed E-state index contributed by atoms with van der Waals surface area (Å²) in [6.45, 7) is 0. The molecule has 1 N–H and O–H groups in total. The first kappa shape index (κ1) is 10.1. The van der Waals surface area contributed by atoms with Crippen molar-refractivity contribution in [3.8, 4) is 16.9 Å². The molecule has 1 aromatic heterocycles. The highest BCUT2D eigenvalue weighted by Crippen LogP contribution is 2.32. The summed E-state index contributed by atoms with van der Waals surface area (Å²) in [4.78, 5) is 14.2. The number of phenols is 1. The smallest absolute Gasteiger partial charge is 0.280 e. The zero-order valence-electron chi connectivity index (χ0n) is 8.20. The van der Waals surface area contributed by atoms with E-state index in [1.54, 1.807) is 24.5 Å². The van der Waals surface area contributed by atoms with Crippen molar-refractivity contribution in [3.63, 3.8) is 0 Å². The molecule has 0 aliphatic rings. The predicted octanol–water partition coefficient (Wildman–Crippen LogP) is 2.36. The maximum absolute atomic E-state index is 10.8. The van der Waals surface area contributed by atoms with Gasteiger partial charge in [0.1, 0.15) is 5.75 Å². The number of nitro groups is 1. The van der Waals surface area contributed by atoms with Crippen LogP contribution < -0.4 is 0 Å². The third kappa shape index (κ3) is 1.83. The predicted molar refractivity (Wildman–Crippen MR) is 58.0 cm³/mol. The van der Waals surface area contributed by atoms with Gasteiger partial charge in [-0.3, -0.25) is 15.1 Å². The summed E-state index contributed by atoms with van der Waals surface area (Å²) in [5, 5.41) is 20.0. The van der Waals surface area contributed by atoms with Crippen molar-refractivity contribution in [2.45, 2.75) is 0 Å². The second-order valence-electron chi connectivity index (χ2n) is 3.19. The number of hydrogen-bond donors (Lipinski definition) is 1. The highest BCUT2D eigenvalue weighted by molar-refractivity contribution is 5.74. The van der Waals surface area contributed by atoms with Gasteiger partial charge in [-0.25, -0.2) is 0 Å². The monoisotopic (exact) mass is 216 g/mol. The average molecular weight is 216 g/mol. The SMILES string of the molecule is O=[N+]([O-])c1cc(O)ccc1-c1ccncc1. The van der Waals surface area contributed by atoms with Gasteiger partial charge in [0.15, 0.2) is 0 Å². The lowest BCUT2D eigenvalue weighted by Gasteiger charge is -2.02. The van der Waals surface area contributed by atoms with E-state index in [4.69, 9.17) is 0 Å². The van der Waals surface area contributed by atoms with Gasteiger partial charge in [-0.2, -0.15) is 0 Å². The van der Waals surface area contributed by atoms with Gasteiger partial charge >= 0.3 is 0 Å². The topological polar surface area (TPSA) is 76.3 Å². The van der Waals surface area contributed by atoms with E-state index >= 15 is 0 Å². The lowest BCUT2D eigenvalue weighted by molar-refractivity contribution is -0.384. The maximum atomic E-state index is 10.8. The molecule has 5 heteroatoms. The molecule has 2 rings (SSSR count). The van der Waals surface area contributed by atoms with E-state index < -0.39 is 4.92 Å². The van der Waals surface area contributed by atoms with Crippen molar-refractivity contribution in [2.24, 2.45) is 0 Å². The first-order chi connectivity index (χ1) is 7.68. The van der Waals surface area contributed by atoms with E-state index in [1.165, 1.54) is 12.1 Å². The molecule has 1 heterocycles. The van der Waals surface area contributed by atoms with E-state index in [-0.39, 0.29) is 11.4 Å². The Balaban J connectivity index is 2.61. The van der Waals surface area contributed by atoms with Crippen LogP contribution in [-0.4, -0.2) is 15.0 Å². The van der Waals surface area contributed by atoms with Crippen molar-refractivity contribution >= 4 is 5.69 Å². The second kappa shape index (κ2) is 3.98. The fourth-order valence-electron chi connectivity index (χ4n) is 1.45. The number of nitrogens with zero attached hydrogens (tertiary/aromatic N) is 2. The van der Waals surface area contributed by atoms with Crippen molar-refractivity contribution in [1.29, 1.82) is 0 Å². The largest absolute Gasteiger partial charge is 0.508 e. The van der Waals surface area contributed by atoms with Gasteiger partial charge < -0.3 is 5.11 Å². The summed E-state index contributed by atoms with van der Waals surface area (Å²) in [6.07, 6.45) is 3.12. The van der Waals surface area contributed by atoms with Crippen molar-refractivity contribution in [3.05, 3.63) is 52.8 Å². The Morgan fingerprint density at radius 3 is 2.50 bits per heavy atom. The number of nitro benzene ring substituents is 1. The third-order valence-corrected chi connectivity index (χ3v) is 2.17. The maximum Gasteiger partial charge on any atom is 0.280 e. The van der Waals surface area contributed by atoms with Crippen LogP contribution in [0.3, 0.4) is 0 Å². The number of hydrogen-bond acceptors (Lipinski definition) is 4. The van der Waals surface area contributed by atoms with E-state index in [9.17, 15) is 15.2 Å². The molecule has 0 unspecified atom stereocenters. The van der Waals surface area contributed by atoms with Crippen LogP contribution in [-0.2, 0) is 0 Å². The molecule has 0 aliphatic carbocycles. The van der Waals surface area contributed by atoms with Gasteiger partial charge in [-0.1, -0.05) is 0 Å². The zero-order valence-corrected chi connectivity index (χ0v) is 8.20. The number of aromatic hydroxyl groups is 1. The summed E-state index contributed by atoms with van der Waals surface area (Å²) in [7, 11) is 0. The van der Waals surface area contributed by atoms with Crippen molar-refractivity contribution < 1.29 is 10.0 Å². The Morgan fingerprint density at radius 2 is 1.88 bits per heavy atom. The van der Waals surface area contributed by atoms with Gasteiger partial charge in [0, 0.05) is 12.4 Å². The third-order valence-electron chi connectivity index (χ3n) is 2.17. The molecule has 0 amide bonds. The minimum absolute atomic E-state index is 0.119. The minimum Gasteiger partial charge on any atom is -0.508 e. The fourth-order valence-corrected chi connectivity index (χ4v) is 1.45. The number of aromatic nitrogens is 1. The molecule has 0 spiro atoms. The van der Waals surface area contributed by atoms with Crippen LogP contribution >= 0.6 is 0 Å². The van der Waals surface area contributed by atoms with E-state index in [0.717, 1.165) is 6.07 Å². The molecule has 0 saturated heterocycles. The molecule has 0 fully saturated rings. The van der Waals surface area contributed by atoms with Crippen molar-refractivity contribution in [2.75, 3.05) is 0 Å². The molecular formula is C11H8N2O3. The quantitative estimate of drug-likeness (QED) is 0.617. The molecule has 2 aromatic rings. The van der Waals surface area contributed by atoms with Crippen LogP contribution in [0, 0.1) is 10.1 Å². The summed E-state index contributed by atoms with van der Waals surface area (Å²) in [5.41, 5.74) is 1.04. The van der Waals surface area contributed by atoms with E-state index in [2.05, 4.69) is 4.98 Å². The van der Waals surface area contributed by atoms with E-state index in [1.807, 2.05) is 0 Å². The Hall–Kier alpha value is -2.43. The minimum atomic E-state index is -0.518. The molecule has 0 bridgehead atoms. The van der Waals surface area contributed by atoms with Crippen LogP contribution in [0.1, 0.15) is 0 Å².